The van der Waals surface area contributed by atoms with E-state index in [9.17, 15) is 4.79 Å². The van der Waals surface area contributed by atoms with Gasteiger partial charge in [0.1, 0.15) is 5.75 Å². The van der Waals surface area contributed by atoms with E-state index < -0.39 is 0 Å². The molecule has 0 bridgehead atoms. The minimum atomic E-state index is -0.219. The SMILES string of the molecule is CCCN(C(=O)OC)[C@H]1CCc2c(cccc2OC)C1. The first-order valence-corrected chi connectivity index (χ1v) is 7.20. The second kappa shape index (κ2) is 6.64. The number of ether oxygens (including phenoxy) is 2. The van der Waals surface area contributed by atoms with E-state index in [1.165, 1.54) is 18.2 Å². The maximum absolute atomic E-state index is 11.9. The molecule has 1 aromatic rings. The van der Waals surface area contributed by atoms with Gasteiger partial charge < -0.3 is 14.4 Å². The summed E-state index contributed by atoms with van der Waals surface area (Å²) in [7, 11) is 3.16. The van der Waals surface area contributed by atoms with Gasteiger partial charge in [0.05, 0.1) is 14.2 Å². The number of carbonyl (C=O) groups excluding carboxylic acids is 1. The Labute approximate surface area is 120 Å². The van der Waals surface area contributed by atoms with Crippen molar-refractivity contribution in [2.24, 2.45) is 0 Å². The first-order chi connectivity index (χ1) is 9.71. The highest BCUT2D eigenvalue weighted by Gasteiger charge is 2.28. The van der Waals surface area contributed by atoms with Gasteiger partial charge in [-0.05, 0) is 42.9 Å². The van der Waals surface area contributed by atoms with Gasteiger partial charge in [-0.1, -0.05) is 19.1 Å². The van der Waals surface area contributed by atoms with Crippen molar-refractivity contribution in [3.63, 3.8) is 0 Å². The third kappa shape index (κ3) is 2.89. The van der Waals surface area contributed by atoms with Gasteiger partial charge in [0.15, 0.2) is 0 Å². The summed E-state index contributed by atoms with van der Waals surface area (Å²) in [5, 5.41) is 0. The molecule has 1 atom stereocenters. The second-order valence-corrected chi connectivity index (χ2v) is 5.16. The topological polar surface area (TPSA) is 38.8 Å². The lowest BCUT2D eigenvalue weighted by Gasteiger charge is -2.34. The molecule has 110 valence electrons. The molecule has 0 heterocycles. The average molecular weight is 277 g/mol. The van der Waals surface area contributed by atoms with Gasteiger partial charge in [0, 0.05) is 12.6 Å². The van der Waals surface area contributed by atoms with Gasteiger partial charge in [0.2, 0.25) is 0 Å². The van der Waals surface area contributed by atoms with Gasteiger partial charge in [0.25, 0.3) is 0 Å². The number of hydrogen-bond donors (Lipinski definition) is 0. The first kappa shape index (κ1) is 14.7. The normalized spacial score (nSPS) is 17.2. The highest BCUT2D eigenvalue weighted by atomic mass is 16.5. The zero-order valence-corrected chi connectivity index (χ0v) is 12.5. The van der Waals surface area contributed by atoms with Crippen molar-refractivity contribution in [1.82, 2.24) is 4.90 Å². The molecule has 0 saturated carbocycles. The average Bonchev–Trinajstić information content (AvgIpc) is 2.50. The Morgan fingerprint density at radius 1 is 1.40 bits per heavy atom. The Balaban J connectivity index is 2.19. The van der Waals surface area contributed by atoms with Crippen LogP contribution in [0.1, 0.15) is 30.9 Å². The molecule has 1 aliphatic rings. The molecule has 0 unspecified atom stereocenters. The smallest absolute Gasteiger partial charge is 0.409 e. The van der Waals surface area contributed by atoms with Gasteiger partial charge >= 0.3 is 6.09 Å². The van der Waals surface area contributed by atoms with E-state index in [1.54, 1.807) is 7.11 Å². The van der Waals surface area contributed by atoms with Gasteiger partial charge in [-0.2, -0.15) is 0 Å². The number of fused-ring (bicyclic) bond motifs is 1. The molecule has 0 radical (unpaired) electrons. The van der Waals surface area contributed by atoms with Crippen LogP contribution in [-0.4, -0.2) is 37.8 Å². The monoisotopic (exact) mass is 277 g/mol. The summed E-state index contributed by atoms with van der Waals surface area (Å²) in [4.78, 5) is 13.8. The lowest BCUT2D eigenvalue weighted by Crippen LogP contribution is -2.43. The van der Waals surface area contributed by atoms with Crippen molar-refractivity contribution >= 4 is 6.09 Å². The van der Waals surface area contributed by atoms with Crippen LogP contribution in [0.15, 0.2) is 18.2 Å². The molecular formula is C16H23NO3. The quantitative estimate of drug-likeness (QED) is 0.849. The highest BCUT2D eigenvalue weighted by molar-refractivity contribution is 5.68. The van der Waals surface area contributed by atoms with Crippen molar-refractivity contribution in [2.75, 3.05) is 20.8 Å². The summed E-state index contributed by atoms with van der Waals surface area (Å²) < 4.78 is 10.3. The van der Waals surface area contributed by atoms with Crippen LogP contribution in [0.3, 0.4) is 0 Å². The summed E-state index contributed by atoms with van der Waals surface area (Å²) in [5.74, 6) is 0.959. The van der Waals surface area contributed by atoms with E-state index in [0.717, 1.165) is 38.0 Å². The fourth-order valence-corrected chi connectivity index (χ4v) is 2.99. The lowest BCUT2D eigenvalue weighted by molar-refractivity contribution is 0.100. The standard InChI is InChI=1S/C16H23NO3/c1-4-10-17(16(18)20-3)13-8-9-14-12(11-13)6-5-7-15(14)19-2/h5-7,13H,4,8-11H2,1-3H3/t13-/m0/s1. The molecule has 4 nitrogen and oxygen atoms in total. The van der Waals surface area contributed by atoms with Gasteiger partial charge in [-0.15, -0.1) is 0 Å². The number of methoxy groups -OCH3 is 2. The number of amides is 1. The predicted molar refractivity (Wildman–Crippen MR) is 78.2 cm³/mol. The van der Waals surface area contributed by atoms with Crippen molar-refractivity contribution in [2.45, 2.75) is 38.6 Å². The Bertz CT molecular complexity index is 473. The number of benzene rings is 1. The van der Waals surface area contributed by atoms with E-state index in [2.05, 4.69) is 13.0 Å². The molecule has 2 rings (SSSR count). The maximum Gasteiger partial charge on any atom is 0.409 e. The predicted octanol–water partition coefficient (Wildman–Crippen LogP) is 3.03. The Morgan fingerprint density at radius 3 is 2.85 bits per heavy atom. The first-order valence-electron chi connectivity index (χ1n) is 7.20. The van der Waals surface area contributed by atoms with Crippen molar-refractivity contribution in [3.8, 4) is 5.75 Å². The number of hydrogen-bond acceptors (Lipinski definition) is 3. The highest BCUT2D eigenvalue weighted by Crippen LogP contribution is 2.31. The second-order valence-electron chi connectivity index (χ2n) is 5.16. The number of nitrogens with zero attached hydrogens (tertiary/aromatic N) is 1. The summed E-state index contributed by atoms with van der Waals surface area (Å²) in [6, 6.07) is 6.37. The Morgan fingerprint density at radius 2 is 2.20 bits per heavy atom. The summed E-state index contributed by atoms with van der Waals surface area (Å²) in [6.07, 6.45) is 3.50. The molecule has 0 saturated heterocycles. The Kier molecular flexibility index (Phi) is 4.88. The van der Waals surface area contributed by atoms with Crippen molar-refractivity contribution in [1.29, 1.82) is 0 Å². The zero-order chi connectivity index (χ0) is 14.5. The van der Waals surface area contributed by atoms with Gasteiger partial charge in [-0.3, -0.25) is 0 Å². The molecule has 1 aliphatic carbocycles. The summed E-state index contributed by atoms with van der Waals surface area (Å²) >= 11 is 0. The molecule has 20 heavy (non-hydrogen) atoms. The minimum absolute atomic E-state index is 0.219. The third-order valence-corrected chi connectivity index (χ3v) is 3.95. The molecule has 0 N–H and O–H groups in total. The molecule has 0 aliphatic heterocycles. The molecule has 1 amide bonds. The van der Waals surface area contributed by atoms with Crippen LogP contribution in [0, 0.1) is 0 Å². The Hall–Kier alpha value is -1.71. The molecule has 1 aromatic carbocycles. The summed E-state index contributed by atoms with van der Waals surface area (Å²) in [5.41, 5.74) is 2.57. The number of rotatable bonds is 4. The van der Waals surface area contributed by atoms with Crippen LogP contribution in [0.4, 0.5) is 4.79 Å². The molecule has 0 fully saturated rings. The van der Waals surface area contributed by atoms with Crippen molar-refractivity contribution < 1.29 is 14.3 Å². The van der Waals surface area contributed by atoms with Crippen LogP contribution in [-0.2, 0) is 17.6 Å². The fourth-order valence-electron chi connectivity index (χ4n) is 2.99. The maximum atomic E-state index is 11.9. The van der Waals surface area contributed by atoms with Crippen LogP contribution in [0.25, 0.3) is 0 Å². The van der Waals surface area contributed by atoms with E-state index >= 15 is 0 Å². The van der Waals surface area contributed by atoms with Gasteiger partial charge in [-0.25, -0.2) is 4.79 Å². The molecule has 0 aromatic heterocycles. The van der Waals surface area contributed by atoms with E-state index in [-0.39, 0.29) is 12.1 Å². The molecule has 4 heteroatoms. The largest absolute Gasteiger partial charge is 0.496 e. The van der Waals surface area contributed by atoms with Crippen LogP contribution < -0.4 is 4.74 Å². The number of carbonyl (C=O) groups is 1. The molecule has 0 spiro atoms. The minimum Gasteiger partial charge on any atom is -0.496 e. The van der Waals surface area contributed by atoms with E-state index in [1.807, 2.05) is 17.0 Å². The van der Waals surface area contributed by atoms with Crippen LogP contribution in [0.2, 0.25) is 0 Å². The van der Waals surface area contributed by atoms with E-state index in [0.29, 0.717) is 0 Å². The van der Waals surface area contributed by atoms with Crippen molar-refractivity contribution in [3.05, 3.63) is 29.3 Å². The van der Waals surface area contributed by atoms with Crippen LogP contribution in [0.5, 0.6) is 5.75 Å². The van der Waals surface area contributed by atoms with Crippen LogP contribution >= 0.6 is 0 Å². The third-order valence-electron chi connectivity index (χ3n) is 3.95. The lowest BCUT2D eigenvalue weighted by atomic mass is 9.87. The fraction of sp³-hybridized carbons (Fsp3) is 0.562. The zero-order valence-electron chi connectivity index (χ0n) is 12.5. The van der Waals surface area contributed by atoms with E-state index in [4.69, 9.17) is 9.47 Å². The molecular weight excluding hydrogens is 254 g/mol. The summed E-state index contributed by atoms with van der Waals surface area (Å²) in [6.45, 7) is 2.83.